The van der Waals surface area contributed by atoms with Gasteiger partial charge in [-0.25, -0.2) is 19.4 Å². The zero-order valence-corrected chi connectivity index (χ0v) is 15.8. The van der Waals surface area contributed by atoms with Crippen LogP contribution in [0.4, 0.5) is 5.82 Å². The molecule has 0 atom stereocenters. The maximum Gasteiger partial charge on any atom is 0.337 e. The minimum Gasteiger partial charge on any atom is -0.465 e. The molecule has 1 aromatic carbocycles. The number of nitrogens with two attached hydrogens (primary N) is 1. The first-order valence-electron chi connectivity index (χ1n) is 8.97. The number of aromatic amines is 1. The zero-order valence-electron chi connectivity index (χ0n) is 15.1. The van der Waals surface area contributed by atoms with E-state index in [0.29, 0.717) is 50.4 Å². The number of carbonyl (C=O) groups excluding carboxylic acids is 1. The standard InChI is InChI=1S/C19H17ClN6O2/c1-28-19(27)9-5-6-11-12(7-9)24-16(14(11)20)15-13-17(21)22-8-23-18(13)26(25-15)10-3-2-4-10/h5-8,10,24H,2-4H2,1H3,(H2,21,22,23). The number of benzene rings is 1. The number of anilines is 1. The Hall–Kier alpha value is -3.13. The van der Waals surface area contributed by atoms with Crippen molar-refractivity contribution in [2.45, 2.75) is 25.3 Å². The summed E-state index contributed by atoms with van der Waals surface area (Å²) >= 11 is 6.67. The third-order valence-corrected chi connectivity index (χ3v) is 5.72. The first kappa shape index (κ1) is 17.0. The summed E-state index contributed by atoms with van der Waals surface area (Å²) in [6.07, 6.45) is 4.74. The highest BCUT2D eigenvalue weighted by Gasteiger charge is 2.28. The molecule has 28 heavy (non-hydrogen) atoms. The number of rotatable bonds is 3. The number of carbonyl (C=O) groups is 1. The molecule has 0 saturated heterocycles. The number of esters is 1. The van der Waals surface area contributed by atoms with E-state index in [2.05, 4.69) is 15.0 Å². The van der Waals surface area contributed by atoms with Crippen molar-refractivity contribution < 1.29 is 9.53 Å². The van der Waals surface area contributed by atoms with Crippen molar-refractivity contribution in [3.8, 4) is 11.4 Å². The summed E-state index contributed by atoms with van der Waals surface area (Å²) in [4.78, 5) is 23.7. The van der Waals surface area contributed by atoms with Gasteiger partial charge >= 0.3 is 5.97 Å². The molecule has 1 aliphatic rings. The molecule has 0 amide bonds. The molecule has 9 heteroatoms. The lowest BCUT2D eigenvalue weighted by Crippen LogP contribution is -2.18. The van der Waals surface area contributed by atoms with Crippen molar-refractivity contribution >= 4 is 45.3 Å². The van der Waals surface area contributed by atoms with E-state index in [-0.39, 0.29) is 0 Å². The number of aromatic nitrogens is 5. The molecular weight excluding hydrogens is 380 g/mol. The number of fused-ring (bicyclic) bond motifs is 2. The lowest BCUT2D eigenvalue weighted by molar-refractivity contribution is 0.0601. The minimum atomic E-state index is -0.411. The molecule has 4 aromatic rings. The molecule has 8 nitrogen and oxygen atoms in total. The fourth-order valence-corrected chi connectivity index (χ4v) is 3.93. The Morgan fingerprint density at radius 1 is 1.36 bits per heavy atom. The van der Waals surface area contributed by atoms with Gasteiger partial charge in [0.2, 0.25) is 0 Å². The number of hydrogen-bond acceptors (Lipinski definition) is 6. The molecule has 3 heterocycles. The molecule has 0 spiro atoms. The van der Waals surface area contributed by atoms with Gasteiger partial charge in [0.05, 0.1) is 34.8 Å². The summed E-state index contributed by atoms with van der Waals surface area (Å²) in [6.45, 7) is 0. The summed E-state index contributed by atoms with van der Waals surface area (Å²) in [6, 6.07) is 5.48. The van der Waals surface area contributed by atoms with Gasteiger partial charge in [-0.05, 0) is 31.4 Å². The number of hydrogen-bond donors (Lipinski definition) is 2. The number of methoxy groups -OCH3 is 1. The first-order valence-corrected chi connectivity index (χ1v) is 9.35. The predicted octanol–water partition coefficient (Wildman–Crippen LogP) is 3.72. The average Bonchev–Trinajstić information content (AvgIpc) is 3.19. The zero-order chi connectivity index (χ0) is 19.4. The van der Waals surface area contributed by atoms with E-state index in [0.717, 1.165) is 18.2 Å². The molecule has 0 aliphatic heterocycles. The highest BCUT2D eigenvalue weighted by Crippen LogP contribution is 2.41. The topological polar surface area (TPSA) is 112 Å². The Labute approximate surface area is 164 Å². The second kappa shape index (κ2) is 6.20. The second-order valence-electron chi connectivity index (χ2n) is 6.90. The van der Waals surface area contributed by atoms with Crippen molar-refractivity contribution in [2.24, 2.45) is 0 Å². The summed E-state index contributed by atoms with van der Waals surface area (Å²) < 4.78 is 6.72. The lowest BCUT2D eigenvalue weighted by atomic mass is 9.93. The molecule has 0 radical (unpaired) electrons. The van der Waals surface area contributed by atoms with Gasteiger partial charge in [-0.1, -0.05) is 17.7 Å². The van der Waals surface area contributed by atoms with E-state index in [1.807, 2.05) is 4.68 Å². The van der Waals surface area contributed by atoms with E-state index >= 15 is 0 Å². The minimum absolute atomic E-state index is 0.305. The van der Waals surface area contributed by atoms with Crippen molar-refractivity contribution in [3.63, 3.8) is 0 Å². The molecule has 142 valence electrons. The van der Waals surface area contributed by atoms with E-state index in [1.54, 1.807) is 18.2 Å². The Morgan fingerprint density at radius 2 is 2.18 bits per heavy atom. The fourth-order valence-electron chi connectivity index (χ4n) is 3.63. The van der Waals surface area contributed by atoms with Gasteiger partial charge in [0.15, 0.2) is 5.65 Å². The highest BCUT2D eigenvalue weighted by atomic mass is 35.5. The van der Waals surface area contributed by atoms with Gasteiger partial charge < -0.3 is 15.5 Å². The first-order chi connectivity index (χ1) is 13.6. The predicted molar refractivity (Wildman–Crippen MR) is 106 cm³/mol. The van der Waals surface area contributed by atoms with Crippen molar-refractivity contribution in [1.82, 2.24) is 24.7 Å². The Kier molecular flexibility index (Phi) is 3.77. The Morgan fingerprint density at radius 3 is 2.89 bits per heavy atom. The van der Waals surface area contributed by atoms with E-state index < -0.39 is 5.97 Å². The van der Waals surface area contributed by atoms with Crippen molar-refractivity contribution in [2.75, 3.05) is 12.8 Å². The highest BCUT2D eigenvalue weighted by molar-refractivity contribution is 6.38. The smallest absolute Gasteiger partial charge is 0.337 e. The van der Waals surface area contributed by atoms with Crippen LogP contribution in [-0.4, -0.2) is 37.8 Å². The van der Waals surface area contributed by atoms with Gasteiger partial charge in [-0.15, -0.1) is 0 Å². The van der Waals surface area contributed by atoms with Gasteiger partial charge in [0.1, 0.15) is 17.8 Å². The molecule has 0 bridgehead atoms. The summed E-state index contributed by atoms with van der Waals surface area (Å²) in [5.41, 5.74) is 9.27. The van der Waals surface area contributed by atoms with Crippen LogP contribution in [0.25, 0.3) is 33.3 Å². The summed E-state index contributed by atoms with van der Waals surface area (Å²) in [5.74, 6) is -0.0536. The second-order valence-corrected chi connectivity index (χ2v) is 7.28. The number of nitrogen functional groups attached to an aromatic ring is 1. The molecular formula is C19H17ClN6O2. The van der Waals surface area contributed by atoms with E-state index in [9.17, 15) is 4.79 Å². The van der Waals surface area contributed by atoms with Gasteiger partial charge in [0, 0.05) is 10.9 Å². The third-order valence-electron chi connectivity index (χ3n) is 5.33. The molecule has 1 saturated carbocycles. The third kappa shape index (κ3) is 2.37. The van der Waals surface area contributed by atoms with Crippen LogP contribution in [0, 0.1) is 0 Å². The van der Waals surface area contributed by atoms with Crippen LogP contribution in [-0.2, 0) is 4.74 Å². The number of H-pyrrole nitrogens is 1. The van der Waals surface area contributed by atoms with Crippen LogP contribution in [0.5, 0.6) is 0 Å². The number of nitrogens with one attached hydrogen (secondary N) is 1. The van der Waals surface area contributed by atoms with E-state index in [4.69, 9.17) is 27.2 Å². The maximum atomic E-state index is 11.8. The molecule has 5 rings (SSSR count). The number of halogens is 1. The van der Waals surface area contributed by atoms with Crippen LogP contribution >= 0.6 is 11.6 Å². The summed E-state index contributed by atoms with van der Waals surface area (Å²) in [7, 11) is 1.35. The van der Waals surface area contributed by atoms with Crippen LogP contribution in [0.15, 0.2) is 24.5 Å². The maximum absolute atomic E-state index is 11.8. The normalized spacial score (nSPS) is 14.5. The molecule has 1 aliphatic carbocycles. The van der Waals surface area contributed by atoms with Crippen LogP contribution in [0.2, 0.25) is 5.02 Å². The largest absolute Gasteiger partial charge is 0.465 e. The Balaban J connectivity index is 1.75. The average molecular weight is 397 g/mol. The summed E-state index contributed by atoms with van der Waals surface area (Å²) in [5, 5.41) is 6.77. The quantitative estimate of drug-likeness (QED) is 0.510. The van der Waals surface area contributed by atoms with E-state index in [1.165, 1.54) is 19.9 Å². The van der Waals surface area contributed by atoms with Crippen LogP contribution < -0.4 is 5.73 Å². The van der Waals surface area contributed by atoms with Crippen molar-refractivity contribution in [1.29, 1.82) is 0 Å². The fraction of sp³-hybridized carbons (Fsp3) is 0.263. The molecule has 3 aromatic heterocycles. The SMILES string of the molecule is COC(=O)c1ccc2c(Cl)c(-c3nn(C4CCC4)c4ncnc(N)c34)[nH]c2c1. The lowest BCUT2D eigenvalue weighted by Gasteiger charge is -2.25. The molecule has 0 unspecified atom stereocenters. The van der Waals surface area contributed by atoms with Gasteiger partial charge in [-0.3, -0.25) is 0 Å². The van der Waals surface area contributed by atoms with Crippen molar-refractivity contribution in [3.05, 3.63) is 35.1 Å². The Bertz CT molecular complexity index is 1240. The van der Waals surface area contributed by atoms with Gasteiger partial charge in [0.25, 0.3) is 0 Å². The number of nitrogens with zero attached hydrogens (tertiary/aromatic N) is 4. The van der Waals surface area contributed by atoms with Crippen LogP contribution in [0.3, 0.4) is 0 Å². The monoisotopic (exact) mass is 396 g/mol. The van der Waals surface area contributed by atoms with Gasteiger partial charge in [-0.2, -0.15) is 5.10 Å². The molecule has 3 N–H and O–H groups in total. The van der Waals surface area contributed by atoms with Crippen LogP contribution in [0.1, 0.15) is 35.7 Å². The number of ether oxygens (including phenoxy) is 1. The molecule has 1 fully saturated rings.